The number of benzene rings is 1. The molecule has 1 aromatic carbocycles. The van der Waals surface area contributed by atoms with Gasteiger partial charge in [0.1, 0.15) is 5.69 Å². The summed E-state index contributed by atoms with van der Waals surface area (Å²) in [5, 5.41) is 4.01. The minimum Gasteiger partial charge on any atom is -0.351 e. The van der Waals surface area contributed by atoms with Crippen molar-refractivity contribution >= 4 is 55.8 Å². The highest BCUT2D eigenvalue weighted by Gasteiger charge is 2.08. The molecule has 2 heterocycles. The summed E-state index contributed by atoms with van der Waals surface area (Å²) in [5.74, 6) is 1.84. The van der Waals surface area contributed by atoms with Gasteiger partial charge in [-0.2, -0.15) is 11.8 Å². The first-order valence-corrected chi connectivity index (χ1v) is 9.67. The Morgan fingerprint density at radius 1 is 1.27 bits per heavy atom. The fourth-order valence-corrected chi connectivity index (χ4v) is 4.58. The van der Waals surface area contributed by atoms with Crippen molar-refractivity contribution in [2.75, 3.05) is 12.3 Å². The van der Waals surface area contributed by atoms with E-state index in [1.807, 2.05) is 42.1 Å². The lowest BCUT2D eigenvalue weighted by Crippen LogP contribution is -2.25. The first-order chi connectivity index (χ1) is 10.7. The summed E-state index contributed by atoms with van der Waals surface area (Å²) in [7, 11) is 0. The zero-order chi connectivity index (χ0) is 15.4. The van der Waals surface area contributed by atoms with Crippen LogP contribution in [0.1, 0.15) is 15.4 Å². The number of carbonyl (C=O) groups is 1. The molecule has 0 atom stereocenters. The van der Waals surface area contributed by atoms with Crippen LogP contribution in [-0.2, 0) is 5.75 Å². The number of hydrogen-bond donors (Lipinski definition) is 2. The molecular weight excluding hydrogens is 380 g/mol. The van der Waals surface area contributed by atoms with Crippen molar-refractivity contribution < 1.29 is 4.79 Å². The summed E-state index contributed by atoms with van der Waals surface area (Å²) in [6.07, 6.45) is 0. The SMILES string of the molecule is O=C(NCCSCc1ccc(Br)s1)c1cc2ccccc2[nH]1. The van der Waals surface area contributed by atoms with Crippen molar-refractivity contribution in [1.29, 1.82) is 0 Å². The Kier molecular flexibility index (Phi) is 5.23. The number of thioether (sulfide) groups is 1. The van der Waals surface area contributed by atoms with E-state index in [0.717, 1.165) is 26.2 Å². The average molecular weight is 395 g/mol. The summed E-state index contributed by atoms with van der Waals surface area (Å²) in [4.78, 5) is 16.6. The fraction of sp³-hybridized carbons (Fsp3) is 0.188. The summed E-state index contributed by atoms with van der Waals surface area (Å²) < 4.78 is 1.16. The number of rotatable bonds is 6. The number of para-hydroxylation sites is 1. The second kappa shape index (κ2) is 7.35. The molecule has 0 aliphatic heterocycles. The van der Waals surface area contributed by atoms with E-state index in [2.05, 4.69) is 38.4 Å². The van der Waals surface area contributed by atoms with Gasteiger partial charge in [0.15, 0.2) is 0 Å². The van der Waals surface area contributed by atoms with E-state index in [-0.39, 0.29) is 5.91 Å². The lowest BCUT2D eigenvalue weighted by Gasteiger charge is -2.03. The van der Waals surface area contributed by atoms with Gasteiger partial charge in [-0.15, -0.1) is 11.3 Å². The number of H-pyrrole nitrogens is 1. The van der Waals surface area contributed by atoms with Crippen LogP contribution in [0.5, 0.6) is 0 Å². The molecule has 3 rings (SSSR count). The van der Waals surface area contributed by atoms with Crippen LogP contribution in [0, 0.1) is 0 Å². The Morgan fingerprint density at radius 2 is 2.14 bits per heavy atom. The molecule has 0 aliphatic carbocycles. The lowest BCUT2D eigenvalue weighted by molar-refractivity contribution is 0.0952. The zero-order valence-electron chi connectivity index (χ0n) is 11.8. The van der Waals surface area contributed by atoms with Gasteiger partial charge in [-0.1, -0.05) is 18.2 Å². The van der Waals surface area contributed by atoms with E-state index in [9.17, 15) is 4.79 Å². The van der Waals surface area contributed by atoms with Crippen molar-refractivity contribution in [2.24, 2.45) is 0 Å². The zero-order valence-corrected chi connectivity index (χ0v) is 15.0. The molecule has 114 valence electrons. The third-order valence-corrected chi connectivity index (χ3v) is 5.99. The van der Waals surface area contributed by atoms with Gasteiger partial charge in [0, 0.05) is 33.8 Å². The van der Waals surface area contributed by atoms with Crippen LogP contribution in [0.15, 0.2) is 46.3 Å². The molecule has 3 nitrogen and oxygen atoms in total. The molecular formula is C16H15BrN2OS2. The van der Waals surface area contributed by atoms with Crippen molar-refractivity contribution in [3.05, 3.63) is 56.8 Å². The standard InChI is InChI=1S/C16H15BrN2OS2/c17-15-6-5-12(22-15)10-21-8-7-18-16(20)14-9-11-3-1-2-4-13(11)19-14/h1-6,9,19H,7-8,10H2,(H,18,20). The third kappa shape index (κ3) is 3.94. The van der Waals surface area contributed by atoms with Crippen molar-refractivity contribution in [3.63, 3.8) is 0 Å². The molecule has 3 aromatic rings. The predicted molar refractivity (Wildman–Crippen MR) is 98.8 cm³/mol. The Hall–Kier alpha value is -1.24. The molecule has 0 saturated carbocycles. The first kappa shape index (κ1) is 15.6. The Labute approximate surface area is 145 Å². The number of thiophene rings is 1. The fourth-order valence-electron chi connectivity index (χ4n) is 2.13. The average Bonchev–Trinajstić information content (AvgIpc) is 3.12. The number of amides is 1. The first-order valence-electron chi connectivity index (χ1n) is 6.90. The van der Waals surface area contributed by atoms with E-state index in [4.69, 9.17) is 0 Å². The van der Waals surface area contributed by atoms with E-state index in [1.165, 1.54) is 4.88 Å². The number of hydrogen-bond acceptors (Lipinski definition) is 3. The van der Waals surface area contributed by atoms with Gasteiger partial charge < -0.3 is 10.3 Å². The molecule has 0 unspecified atom stereocenters. The van der Waals surface area contributed by atoms with E-state index in [1.54, 1.807) is 11.3 Å². The second-order valence-corrected chi connectivity index (χ2v) is 8.44. The van der Waals surface area contributed by atoms with Gasteiger partial charge >= 0.3 is 0 Å². The molecule has 0 radical (unpaired) electrons. The van der Waals surface area contributed by atoms with Crippen LogP contribution in [0.2, 0.25) is 0 Å². The van der Waals surface area contributed by atoms with Crippen LogP contribution in [0.4, 0.5) is 0 Å². The minimum atomic E-state index is -0.0457. The monoisotopic (exact) mass is 394 g/mol. The maximum absolute atomic E-state index is 12.1. The highest BCUT2D eigenvalue weighted by atomic mass is 79.9. The van der Waals surface area contributed by atoms with Crippen LogP contribution in [-0.4, -0.2) is 23.2 Å². The van der Waals surface area contributed by atoms with Crippen molar-refractivity contribution in [1.82, 2.24) is 10.3 Å². The van der Waals surface area contributed by atoms with Crippen LogP contribution < -0.4 is 5.32 Å². The normalized spacial score (nSPS) is 11.0. The van der Waals surface area contributed by atoms with Gasteiger partial charge in [-0.05, 0) is 40.2 Å². The number of halogens is 1. The number of aromatic amines is 1. The molecule has 0 saturated heterocycles. The van der Waals surface area contributed by atoms with Gasteiger partial charge in [0.2, 0.25) is 0 Å². The largest absolute Gasteiger partial charge is 0.351 e. The van der Waals surface area contributed by atoms with E-state index >= 15 is 0 Å². The highest BCUT2D eigenvalue weighted by molar-refractivity contribution is 9.11. The van der Waals surface area contributed by atoms with Gasteiger partial charge in [0.25, 0.3) is 5.91 Å². The highest BCUT2D eigenvalue weighted by Crippen LogP contribution is 2.25. The van der Waals surface area contributed by atoms with Gasteiger partial charge in [0.05, 0.1) is 3.79 Å². The van der Waals surface area contributed by atoms with Crippen LogP contribution in [0.25, 0.3) is 10.9 Å². The summed E-state index contributed by atoms with van der Waals surface area (Å²) in [5.41, 5.74) is 1.61. The maximum Gasteiger partial charge on any atom is 0.267 e. The van der Waals surface area contributed by atoms with Crippen LogP contribution >= 0.6 is 39.0 Å². The van der Waals surface area contributed by atoms with Crippen LogP contribution in [0.3, 0.4) is 0 Å². The van der Waals surface area contributed by atoms with Gasteiger partial charge in [-0.3, -0.25) is 4.79 Å². The number of aromatic nitrogens is 1. The molecule has 2 N–H and O–H groups in total. The van der Waals surface area contributed by atoms with Crippen molar-refractivity contribution in [3.8, 4) is 0 Å². The Bertz CT molecular complexity index is 748. The number of carbonyl (C=O) groups excluding carboxylic acids is 1. The third-order valence-electron chi connectivity index (χ3n) is 3.18. The second-order valence-electron chi connectivity index (χ2n) is 4.78. The van der Waals surface area contributed by atoms with E-state index < -0.39 is 0 Å². The maximum atomic E-state index is 12.1. The predicted octanol–water partition coefficient (Wildman–Crippen LogP) is 4.66. The lowest BCUT2D eigenvalue weighted by atomic mass is 10.2. The van der Waals surface area contributed by atoms with Gasteiger partial charge in [-0.25, -0.2) is 0 Å². The van der Waals surface area contributed by atoms with Crippen molar-refractivity contribution in [2.45, 2.75) is 5.75 Å². The molecule has 0 bridgehead atoms. The molecule has 0 spiro atoms. The Morgan fingerprint density at radius 3 is 2.91 bits per heavy atom. The molecule has 22 heavy (non-hydrogen) atoms. The smallest absolute Gasteiger partial charge is 0.267 e. The summed E-state index contributed by atoms with van der Waals surface area (Å²) >= 11 is 7.04. The van der Waals surface area contributed by atoms with E-state index in [0.29, 0.717) is 12.2 Å². The molecule has 0 fully saturated rings. The summed E-state index contributed by atoms with van der Waals surface area (Å²) in [6, 6.07) is 14.0. The number of fused-ring (bicyclic) bond motifs is 1. The summed E-state index contributed by atoms with van der Waals surface area (Å²) in [6.45, 7) is 0.672. The topological polar surface area (TPSA) is 44.9 Å². The quantitative estimate of drug-likeness (QED) is 0.597. The Balaban J connectivity index is 1.44. The molecule has 0 aliphatic rings. The molecule has 6 heteroatoms. The number of nitrogens with one attached hydrogen (secondary N) is 2. The molecule has 2 aromatic heterocycles. The minimum absolute atomic E-state index is 0.0457. The molecule has 1 amide bonds.